The summed E-state index contributed by atoms with van der Waals surface area (Å²) in [6.07, 6.45) is 0.0142. The molecule has 0 spiro atoms. The standard InChI is InChI=1S/C18H20O5/c1-13(22-11-5-10-19)23-15-8-9-16(17(20)12-15)18(21)14-6-3-2-4-7-14/h2-4,6-9,12-13,19-20H,5,10-11H2,1H3. The number of rotatable bonds is 8. The van der Waals surface area contributed by atoms with Gasteiger partial charge < -0.3 is 19.7 Å². The molecule has 2 aromatic rings. The molecule has 0 fully saturated rings. The van der Waals surface area contributed by atoms with Crippen LogP contribution in [0.15, 0.2) is 48.5 Å². The molecule has 23 heavy (non-hydrogen) atoms. The molecule has 122 valence electrons. The zero-order chi connectivity index (χ0) is 16.7. The first-order chi connectivity index (χ1) is 11.1. The molecule has 2 rings (SSSR count). The van der Waals surface area contributed by atoms with Crippen molar-refractivity contribution in [2.24, 2.45) is 0 Å². The van der Waals surface area contributed by atoms with Crippen LogP contribution in [0.3, 0.4) is 0 Å². The van der Waals surface area contributed by atoms with Gasteiger partial charge in [0.05, 0.1) is 12.2 Å². The summed E-state index contributed by atoms with van der Waals surface area (Å²) in [5.74, 6) is 0.0180. The van der Waals surface area contributed by atoms with E-state index in [9.17, 15) is 9.90 Å². The maximum absolute atomic E-state index is 12.3. The number of phenols is 1. The van der Waals surface area contributed by atoms with Crippen LogP contribution in [0, 0.1) is 0 Å². The fraction of sp³-hybridized carbons (Fsp3) is 0.278. The first-order valence-electron chi connectivity index (χ1n) is 7.43. The minimum Gasteiger partial charge on any atom is -0.507 e. The van der Waals surface area contributed by atoms with E-state index in [0.717, 1.165) is 0 Å². The zero-order valence-electron chi connectivity index (χ0n) is 12.9. The van der Waals surface area contributed by atoms with E-state index >= 15 is 0 Å². The van der Waals surface area contributed by atoms with Crippen LogP contribution in [-0.2, 0) is 4.74 Å². The first-order valence-corrected chi connectivity index (χ1v) is 7.43. The van der Waals surface area contributed by atoms with E-state index in [1.54, 1.807) is 37.3 Å². The lowest BCUT2D eigenvalue weighted by atomic mass is 10.0. The van der Waals surface area contributed by atoms with Gasteiger partial charge in [0.25, 0.3) is 0 Å². The molecule has 2 N–H and O–H groups in total. The van der Waals surface area contributed by atoms with Crippen LogP contribution in [0.25, 0.3) is 0 Å². The lowest BCUT2D eigenvalue weighted by Gasteiger charge is -2.16. The number of phenolic OH excluding ortho intramolecular Hbond substituents is 1. The third-order valence-corrected chi connectivity index (χ3v) is 3.21. The van der Waals surface area contributed by atoms with Crippen molar-refractivity contribution in [3.63, 3.8) is 0 Å². The number of aliphatic hydroxyl groups excluding tert-OH is 1. The van der Waals surface area contributed by atoms with Crippen molar-refractivity contribution < 1.29 is 24.5 Å². The molecule has 0 radical (unpaired) electrons. The average molecular weight is 316 g/mol. The van der Waals surface area contributed by atoms with E-state index in [1.807, 2.05) is 6.07 Å². The number of aromatic hydroxyl groups is 1. The van der Waals surface area contributed by atoms with Crippen LogP contribution < -0.4 is 4.74 Å². The fourth-order valence-electron chi connectivity index (χ4n) is 2.06. The summed E-state index contributed by atoms with van der Waals surface area (Å²) < 4.78 is 10.8. The van der Waals surface area contributed by atoms with Crippen molar-refractivity contribution in [1.82, 2.24) is 0 Å². The van der Waals surface area contributed by atoms with Crippen LogP contribution in [0.4, 0.5) is 0 Å². The van der Waals surface area contributed by atoms with Gasteiger partial charge in [-0.25, -0.2) is 0 Å². The van der Waals surface area contributed by atoms with Crippen LogP contribution in [0.2, 0.25) is 0 Å². The molecule has 1 unspecified atom stereocenters. The summed E-state index contributed by atoms with van der Waals surface area (Å²) in [5, 5.41) is 18.8. The van der Waals surface area contributed by atoms with Crippen molar-refractivity contribution in [1.29, 1.82) is 0 Å². The number of ether oxygens (including phenoxy) is 2. The highest BCUT2D eigenvalue weighted by molar-refractivity contribution is 6.10. The summed E-state index contributed by atoms with van der Waals surface area (Å²) in [7, 11) is 0. The van der Waals surface area contributed by atoms with Crippen LogP contribution >= 0.6 is 0 Å². The molecule has 0 aliphatic heterocycles. The van der Waals surface area contributed by atoms with Gasteiger partial charge in [0.2, 0.25) is 0 Å². The number of benzene rings is 2. The largest absolute Gasteiger partial charge is 0.507 e. The van der Waals surface area contributed by atoms with E-state index in [1.165, 1.54) is 12.1 Å². The summed E-state index contributed by atoms with van der Waals surface area (Å²) in [4.78, 5) is 12.3. The minimum absolute atomic E-state index is 0.0593. The molecule has 5 nitrogen and oxygen atoms in total. The van der Waals surface area contributed by atoms with E-state index in [2.05, 4.69) is 0 Å². The number of ketones is 1. The van der Waals surface area contributed by atoms with Gasteiger partial charge in [-0.2, -0.15) is 0 Å². The molecule has 0 heterocycles. The second-order valence-electron chi connectivity index (χ2n) is 5.01. The molecule has 0 aliphatic rings. The first kappa shape index (κ1) is 17.0. The molecule has 2 aromatic carbocycles. The van der Waals surface area contributed by atoms with Gasteiger partial charge in [0.1, 0.15) is 11.5 Å². The summed E-state index contributed by atoms with van der Waals surface area (Å²) in [6.45, 7) is 2.16. The summed E-state index contributed by atoms with van der Waals surface area (Å²) in [6, 6.07) is 13.3. The molecule has 0 bridgehead atoms. The summed E-state index contributed by atoms with van der Waals surface area (Å²) in [5.41, 5.74) is 0.731. The van der Waals surface area contributed by atoms with Crippen LogP contribution in [0.5, 0.6) is 11.5 Å². The lowest BCUT2D eigenvalue weighted by Crippen LogP contribution is -2.17. The SMILES string of the molecule is CC(OCCCO)Oc1ccc(C(=O)c2ccccc2)c(O)c1. The van der Waals surface area contributed by atoms with Gasteiger partial charge in [0, 0.05) is 18.2 Å². The highest BCUT2D eigenvalue weighted by Crippen LogP contribution is 2.26. The smallest absolute Gasteiger partial charge is 0.196 e. The van der Waals surface area contributed by atoms with Crippen molar-refractivity contribution in [2.75, 3.05) is 13.2 Å². The molecule has 0 aromatic heterocycles. The van der Waals surface area contributed by atoms with Gasteiger partial charge in [-0.15, -0.1) is 0 Å². The van der Waals surface area contributed by atoms with Gasteiger partial charge in [0.15, 0.2) is 12.1 Å². The molecule has 0 saturated heterocycles. The Hall–Kier alpha value is -2.37. The van der Waals surface area contributed by atoms with Gasteiger partial charge >= 0.3 is 0 Å². The molecule has 1 atom stereocenters. The van der Waals surface area contributed by atoms with Gasteiger partial charge in [-0.3, -0.25) is 4.79 Å². The maximum Gasteiger partial charge on any atom is 0.196 e. The summed E-state index contributed by atoms with van der Waals surface area (Å²) >= 11 is 0. The molecule has 0 aliphatic carbocycles. The number of hydrogen-bond acceptors (Lipinski definition) is 5. The van der Waals surface area contributed by atoms with Crippen molar-refractivity contribution >= 4 is 5.78 Å². The van der Waals surface area contributed by atoms with Crippen molar-refractivity contribution in [3.05, 3.63) is 59.7 Å². The second kappa shape index (κ2) is 8.31. The number of carbonyl (C=O) groups excluding carboxylic acids is 1. The Morgan fingerprint density at radius 2 is 1.91 bits per heavy atom. The predicted octanol–water partition coefficient (Wildman–Crippen LogP) is 2.75. The van der Waals surface area contributed by atoms with Crippen molar-refractivity contribution in [2.45, 2.75) is 19.6 Å². The van der Waals surface area contributed by atoms with Crippen LogP contribution in [0.1, 0.15) is 29.3 Å². The predicted molar refractivity (Wildman–Crippen MR) is 85.7 cm³/mol. The van der Waals surface area contributed by atoms with E-state index in [-0.39, 0.29) is 23.7 Å². The molecule has 0 amide bonds. The molecular formula is C18H20O5. The Morgan fingerprint density at radius 3 is 2.57 bits per heavy atom. The molecule has 0 saturated carbocycles. The van der Waals surface area contributed by atoms with E-state index in [4.69, 9.17) is 14.6 Å². The number of hydrogen-bond donors (Lipinski definition) is 2. The monoisotopic (exact) mass is 316 g/mol. The van der Waals surface area contributed by atoms with Crippen molar-refractivity contribution in [3.8, 4) is 11.5 Å². The Labute approximate surface area is 135 Å². The Morgan fingerprint density at radius 1 is 1.17 bits per heavy atom. The highest BCUT2D eigenvalue weighted by Gasteiger charge is 2.14. The quantitative estimate of drug-likeness (QED) is 0.445. The van der Waals surface area contributed by atoms with Gasteiger partial charge in [-0.1, -0.05) is 30.3 Å². The zero-order valence-corrected chi connectivity index (χ0v) is 12.9. The minimum atomic E-state index is -0.517. The van der Waals surface area contributed by atoms with Gasteiger partial charge in [-0.05, 0) is 25.5 Å². The third kappa shape index (κ3) is 4.81. The van der Waals surface area contributed by atoms with E-state index in [0.29, 0.717) is 24.3 Å². The Kier molecular flexibility index (Phi) is 6.14. The number of aliphatic hydroxyl groups is 1. The number of carbonyl (C=O) groups is 1. The Bertz CT molecular complexity index is 639. The Balaban J connectivity index is 2.04. The lowest BCUT2D eigenvalue weighted by molar-refractivity contribution is -0.0696. The molecule has 5 heteroatoms. The third-order valence-electron chi connectivity index (χ3n) is 3.21. The maximum atomic E-state index is 12.3. The van der Waals surface area contributed by atoms with Crippen LogP contribution in [-0.4, -0.2) is 35.5 Å². The highest BCUT2D eigenvalue weighted by atomic mass is 16.7. The topological polar surface area (TPSA) is 76.0 Å². The second-order valence-corrected chi connectivity index (χ2v) is 5.01. The average Bonchev–Trinajstić information content (AvgIpc) is 2.55. The van der Waals surface area contributed by atoms with E-state index < -0.39 is 6.29 Å². The molecular weight excluding hydrogens is 296 g/mol. The normalized spacial score (nSPS) is 11.9. The fourth-order valence-corrected chi connectivity index (χ4v) is 2.06.